The second-order valence-corrected chi connectivity index (χ2v) is 4.80. The molecule has 5 nitrogen and oxygen atoms in total. The number of anilines is 1. The first-order valence-corrected chi connectivity index (χ1v) is 6.17. The van der Waals surface area contributed by atoms with Crippen LogP contribution in [0.2, 0.25) is 0 Å². The third kappa shape index (κ3) is 3.24. The molecule has 1 aliphatic heterocycles. The molecule has 1 N–H and O–H groups in total. The summed E-state index contributed by atoms with van der Waals surface area (Å²) in [4.78, 5) is 18.1. The maximum atomic E-state index is 11.9. The van der Waals surface area contributed by atoms with Crippen LogP contribution in [0.4, 0.5) is 5.82 Å². The van der Waals surface area contributed by atoms with Gasteiger partial charge in [-0.3, -0.25) is 4.79 Å². The van der Waals surface area contributed by atoms with E-state index < -0.39 is 6.10 Å². The van der Waals surface area contributed by atoms with Crippen molar-refractivity contribution >= 4 is 27.7 Å². The first-order valence-electron chi connectivity index (χ1n) is 5.38. The molecular weight excluding hydrogens is 286 g/mol. The normalized spacial score (nSPS) is 21.2. The van der Waals surface area contributed by atoms with Gasteiger partial charge in [-0.1, -0.05) is 0 Å². The molecule has 92 valence electrons. The minimum absolute atomic E-state index is 0.157. The zero-order chi connectivity index (χ0) is 12.3. The van der Waals surface area contributed by atoms with Gasteiger partial charge in [0, 0.05) is 19.3 Å². The highest BCUT2D eigenvalue weighted by Gasteiger charge is 2.25. The fourth-order valence-corrected chi connectivity index (χ4v) is 1.97. The number of carbonyl (C=O) groups excluding carboxylic acids is 1. The molecule has 17 heavy (non-hydrogen) atoms. The second kappa shape index (κ2) is 5.57. The van der Waals surface area contributed by atoms with Crippen molar-refractivity contribution in [2.75, 3.05) is 32.1 Å². The minimum atomic E-state index is -0.428. The zero-order valence-corrected chi connectivity index (χ0v) is 11.1. The number of amides is 1. The summed E-state index contributed by atoms with van der Waals surface area (Å²) >= 11 is 3.33. The predicted octanol–water partition coefficient (Wildman–Crippen LogP) is 1.11. The lowest BCUT2D eigenvalue weighted by molar-refractivity contribution is -0.132. The summed E-state index contributed by atoms with van der Waals surface area (Å²) in [5.74, 6) is 0.366. The number of pyridine rings is 1. The van der Waals surface area contributed by atoms with E-state index in [0.717, 1.165) is 11.0 Å². The standard InChI is InChI=1S/C11H14BrN3O2/c1-15-5-6-17-9(7-15)11(16)14-10-8(12)3-2-4-13-10/h2-4,9H,5-7H2,1H3,(H,13,14,16). The third-order valence-electron chi connectivity index (χ3n) is 2.56. The number of halogens is 1. The number of hydrogen-bond donors (Lipinski definition) is 1. The lowest BCUT2D eigenvalue weighted by Gasteiger charge is -2.28. The van der Waals surface area contributed by atoms with Gasteiger partial charge in [0.25, 0.3) is 5.91 Å². The fourth-order valence-electron chi connectivity index (χ4n) is 1.61. The highest BCUT2D eigenvalue weighted by molar-refractivity contribution is 9.10. The van der Waals surface area contributed by atoms with Crippen molar-refractivity contribution < 1.29 is 9.53 Å². The van der Waals surface area contributed by atoms with Crippen molar-refractivity contribution in [2.24, 2.45) is 0 Å². The van der Waals surface area contributed by atoms with Crippen LogP contribution in [0, 0.1) is 0 Å². The van der Waals surface area contributed by atoms with E-state index in [1.807, 2.05) is 13.1 Å². The number of ether oxygens (including phenoxy) is 1. The Morgan fingerprint density at radius 3 is 3.24 bits per heavy atom. The molecule has 1 aromatic heterocycles. The number of nitrogens with zero attached hydrogens (tertiary/aromatic N) is 2. The van der Waals surface area contributed by atoms with Gasteiger partial charge in [-0.05, 0) is 35.1 Å². The Bertz CT molecular complexity index is 413. The molecule has 2 rings (SSSR count). The molecule has 2 heterocycles. The fraction of sp³-hybridized carbons (Fsp3) is 0.455. The maximum absolute atomic E-state index is 11.9. The first-order chi connectivity index (χ1) is 8.16. The molecule has 1 fully saturated rings. The van der Waals surface area contributed by atoms with Gasteiger partial charge in [0.05, 0.1) is 11.1 Å². The van der Waals surface area contributed by atoms with Crippen molar-refractivity contribution in [1.82, 2.24) is 9.88 Å². The number of likely N-dealkylation sites (N-methyl/N-ethyl adjacent to an activating group) is 1. The molecule has 1 atom stereocenters. The molecular formula is C11H14BrN3O2. The van der Waals surface area contributed by atoms with E-state index in [1.54, 1.807) is 12.3 Å². The van der Waals surface area contributed by atoms with Crippen LogP contribution in [-0.2, 0) is 9.53 Å². The average Bonchev–Trinajstić information content (AvgIpc) is 2.32. The summed E-state index contributed by atoms with van der Waals surface area (Å²) in [6.07, 6.45) is 1.21. The SMILES string of the molecule is CN1CCOC(C(=O)Nc2ncccc2Br)C1. The van der Waals surface area contributed by atoms with Crippen LogP contribution >= 0.6 is 15.9 Å². The molecule has 1 aromatic rings. The van der Waals surface area contributed by atoms with Gasteiger partial charge >= 0.3 is 0 Å². The minimum Gasteiger partial charge on any atom is -0.366 e. The van der Waals surface area contributed by atoms with Gasteiger partial charge in [-0.25, -0.2) is 4.98 Å². The molecule has 1 amide bonds. The van der Waals surface area contributed by atoms with E-state index in [9.17, 15) is 4.79 Å². The van der Waals surface area contributed by atoms with Crippen LogP contribution < -0.4 is 5.32 Å². The van der Waals surface area contributed by atoms with Crippen LogP contribution in [0.25, 0.3) is 0 Å². The van der Waals surface area contributed by atoms with E-state index in [0.29, 0.717) is 19.0 Å². The zero-order valence-electron chi connectivity index (χ0n) is 9.52. The van der Waals surface area contributed by atoms with Crippen LogP contribution in [-0.4, -0.2) is 48.6 Å². The summed E-state index contributed by atoms with van der Waals surface area (Å²) in [5.41, 5.74) is 0. The predicted molar refractivity (Wildman–Crippen MR) is 67.8 cm³/mol. The van der Waals surface area contributed by atoms with Crippen molar-refractivity contribution in [1.29, 1.82) is 0 Å². The van der Waals surface area contributed by atoms with E-state index >= 15 is 0 Å². The van der Waals surface area contributed by atoms with Crippen LogP contribution in [0.3, 0.4) is 0 Å². The molecule has 0 spiro atoms. The summed E-state index contributed by atoms with van der Waals surface area (Å²) in [5, 5.41) is 2.75. The number of nitrogens with one attached hydrogen (secondary N) is 1. The van der Waals surface area contributed by atoms with Crippen molar-refractivity contribution in [3.63, 3.8) is 0 Å². The first kappa shape index (κ1) is 12.5. The quantitative estimate of drug-likeness (QED) is 0.889. The molecule has 6 heteroatoms. The number of rotatable bonds is 2. The number of carbonyl (C=O) groups is 1. The second-order valence-electron chi connectivity index (χ2n) is 3.94. The highest BCUT2D eigenvalue weighted by Crippen LogP contribution is 2.18. The Labute approximate surface area is 108 Å². The Morgan fingerprint density at radius 2 is 2.53 bits per heavy atom. The highest BCUT2D eigenvalue weighted by atomic mass is 79.9. The number of morpholine rings is 1. The number of hydrogen-bond acceptors (Lipinski definition) is 4. The maximum Gasteiger partial charge on any atom is 0.256 e. The van der Waals surface area contributed by atoms with Crippen molar-refractivity contribution in [2.45, 2.75) is 6.10 Å². The molecule has 1 unspecified atom stereocenters. The van der Waals surface area contributed by atoms with Crippen LogP contribution in [0.5, 0.6) is 0 Å². The van der Waals surface area contributed by atoms with E-state index in [-0.39, 0.29) is 5.91 Å². The van der Waals surface area contributed by atoms with Gasteiger partial charge < -0.3 is 15.0 Å². The molecule has 1 aliphatic rings. The van der Waals surface area contributed by atoms with E-state index in [4.69, 9.17) is 4.74 Å². The summed E-state index contributed by atoms with van der Waals surface area (Å²) < 4.78 is 6.19. The van der Waals surface area contributed by atoms with Crippen molar-refractivity contribution in [3.8, 4) is 0 Å². The molecule has 0 saturated carbocycles. The summed E-state index contributed by atoms with van der Waals surface area (Å²) in [6.45, 7) is 2.05. The molecule has 0 bridgehead atoms. The molecule has 1 saturated heterocycles. The van der Waals surface area contributed by atoms with Crippen LogP contribution in [0.15, 0.2) is 22.8 Å². The molecule has 0 radical (unpaired) electrons. The number of aromatic nitrogens is 1. The Hall–Kier alpha value is -0.980. The Morgan fingerprint density at radius 1 is 1.71 bits per heavy atom. The smallest absolute Gasteiger partial charge is 0.256 e. The third-order valence-corrected chi connectivity index (χ3v) is 3.20. The summed E-state index contributed by atoms with van der Waals surface area (Å²) in [7, 11) is 1.97. The lowest BCUT2D eigenvalue weighted by Crippen LogP contribution is -2.46. The van der Waals surface area contributed by atoms with Gasteiger partial charge in [0.15, 0.2) is 0 Å². The molecule has 0 aliphatic carbocycles. The lowest BCUT2D eigenvalue weighted by atomic mass is 10.2. The van der Waals surface area contributed by atoms with Gasteiger partial charge in [-0.2, -0.15) is 0 Å². The largest absolute Gasteiger partial charge is 0.366 e. The average molecular weight is 300 g/mol. The van der Waals surface area contributed by atoms with E-state index in [1.165, 1.54) is 0 Å². The van der Waals surface area contributed by atoms with E-state index in [2.05, 4.69) is 31.1 Å². The van der Waals surface area contributed by atoms with Gasteiger partial charge in [0.1, 0.15) is 11.9 Å². The monoisotopic (exact) mass is 299 g/mol. The molecule has 0 aromatic carbocycles. The summed E-state index contributed by atoms with van der Waals surface area (Å²) in [6, 6.07) is 3.63. The van der Waals surface area contributed by atoms with Crippen molar-refractivity contribution in [3.05, 3.63) is 22.8 Å². The Kier molecular flexibility index (Phi) is 4.09. The van der Waals surface area contributed by atoms with Crippen LogP contribution in [0.1, 0.15) is 0 Å². The Balaban J connectivity index is 1.99. The van der Waals surface area contributed by atoms with Gasteiger partial charge in [0.2, 0.25) is 0 Å². The van der Waals surface area contributed by atoms with Gasteiger partial charge in [-0.15, -0.1) is 0 Å². The topological polar surface area (TPSA) is 54.5 Å².